The van der Waals surface area contributed by atoms with Crippen LogP contribution >= 0.6 is 23.1 Å². The lowest BCUT2D eigenvalue weighted by molar-refractivity contribution is 0.0706. The Hall–Kier alpha value is -1.71. The van der Waals surface area contributed by atoms with E-state index in [9.17, 15) is 4.79 Å². The highest BCUT2D eigenvalue weighted by molar-refractivity contribution is 7.99. The number of carbonyl (C=O) groups excluding carboxylic acids is 1. The van der Waals surface area contributed by atoms with E-state index in [2.05, 4.69) is 42.5 Å². The lowest BCUT2D eigenvalue weighted by Crippen LogP contribution is -2.57. The van der Waals surface area contributed by atoms with E-state index in [0.29, 0.717) is 10.7 Å². The van der Waals surface area contributed by atoms with Crippen molar-refractivity contribution in [1.82, 2.24) is 20.1 Å². The second-order valence-electron chi connectivity index (χ2n) is 7.37. The molecule has 150 valence electrons. The first-order valence-corrected chi connectivity index (χ1v) is 11.9. The Kier molecular flexibility index (Phi) is 6.43. The van der Waals surface area contributed by atoms with Crippen LogP contribution in [0.5, 0.6) is 0 Å². The Morgan fingerprint density at radius 3 is 2.68 bits per heavy atom. The van der Waals surface area contributed by atoms with Gasteiger partial charge in [0.25, 0.3) is 5.91 Å². The van der Waals surface area contributed by atoms with Crippen molar-refractivity contribution in [3.05, 3.63) is 29.4 Å². The third kappa shape index (κ3) is 4.64. The first-order chi connectivity index (χ1) is 13.8. The summed E-state index contributed by atoms with van der Waals surface area (Å²) in [7, 11) is 0. The molecule has 9 heteroatoms. The van der Waals surface area contributed by atoms with Crippen LogP contribution in [0.2, 0.25) is 0 Å². The molecule has 0 aromatic carbocycles. The minimum Gasteiger partial charge on any atom is -0.368 e. The summed E-state index contributed by atoms with van der Waals surface area (Å²) in [6, 6.07) is 3.69. The summed E-state index contributed by atoms with van der Waals surface area (Å²) < 4.78 is 0. The summed E-state index contributed by atoms with van der Waals surface area (Å²) in [6.07, 6.45) is 8.09. The van der Waals surface area contributed by atoms with Crippen molar-refractivity contribution < 1.29 is 4.79 Å². The third-order valence-corrected chi connectivity index (χ3v) is 7.22. The Labute approximate surface area is 173 Å². The Bertz CT molecular complexity index is 755. The molecule has 0 radical (unpaired) electrons. The lowest BCUT2D eigenvalue weighted by atomic mass is 9.80. The van der Waals surface area contributed by atoms with Crippen LogP contribution in [0.3, 0.4) is 0 Å². The zero-order chi connectivity index (χ0) is 19.2. The molecule has 1 amide bonds. The van der Waals surface area contributed by atoms with E-state index in [-0.39, 0.29) is 11.4 Å². The van der Waals surface area contributed by atoms with Crippen LogP contribution < -0.4 is 10.6 Å². The number of aromatic nitrogens is 3. The summed E-state index contributed by atoms with van der Waals surface area (Å²) in [5, 5.41) is 14.3. The molecule has 0 atom stereocenters. The molecule has 0 spiro atoms. The van der Waals surface area contributed by atoms with Gasteiger partial charge in [-0.15, -0.1) is 10.2 Å². The number of thioether (sulfide) groups is 1. The SMILES string of the molecule is O=C(Nc1nncs1)c1ccc(NCC2(N3CCSCC3)CCCCC2)nc1. The molecule has 1 aliphatic carbocycles. The van der Waals surface area contributed by atoms with Gasteiger partial charge in [-0.05, 0) is 25.0 Å². The van der Waals surface area contributed by atoms with Crippen LogP contribution in [-0.2, 0) is 0 Å². The normalized spacial score (nSPS) is 19.9. The van der Waals surface area contributed by atoms with E-state index < -0.39 is 0 Å². The maximum absolute atomic E-state index is 12.2. The number of anilines is 2. The maximum Gasteiger partial charge on any atom is 0.259 e. The van der Waals surface area contributed by atoms with E-state index in [1.54, 1.807) is 17.8 Å². The van der Waals surface area contributed by atoms with Crippen LogP contribution in [0.1, 0.15) is 42.5 Å². The molecule has 1 aliphatic heterocycles. The second kappa shape index (κ2) is 9.19. The van der Waals surface area contributed by atoms with Crippen molar-refractivity contribution >= 4 is 40.0 Å². The Morgan fingerprint density at radius 1 is 1.18 bits per heavy atom. The summed E-state index contributed by atoms with van der Waals surface area (Å²) in [5.41, 5.74) is 2.35. The van der Waals surface area contributed by atoms with Gasteiger partial charge in [-0.1, -0.05) is 30.6 Å². The predicted octanol–water partition coefficient (Wildman–Crippen LogP) is 3.35. The average Bonchev–Trinajstić information content (AvgIpc) is 3.27. The minimum absolute atomic E-state index is 0.217. The molecule has 3 heterocycles. The zero-order valence-electron chi connectivity index (χ0n) is 15.9. The molecule has 0 bridgehead atoms. The van der Waals surface area contributed by atoms with Crippen LogP contribution in [0.4, 0.5) is 10.9 Å². The van der Waals surface area contributed by atoms with Crippen LogP contribution in [0.15, 0.2) is 23.8 Å². The van der Waals surface area contributed by atoms with E-state index in [1.807, 2.05) is 6.07 Å². The van der Waals surface area contributed by atoms with Crippen molar-refractivity contribution in [2.75, 3.05) is 41.8 Å². The number of carbonyl (C=O) groups is 1. The van der Waals surface area contributed by atoms with Gasteiger partial charge < -0.3 is 5.32 Å². The van der Waals surface area contributed by atoms with Gasteiger partial charge >= 0.3 is 0 Å². The highest BCUT2D eigenvalue weighted by atomic mass is 32.2. The molecule has 2 fully saturated rings. The molecular formula is C19H26N6OS2. The molecular weight excluding hydrogens is 392 g/mol. The van der Waals surface area contributed by atoms with E-state index in [0.717, 1.165) is 12.4 Å². The molecule has 0 unspecified atom stereocenters. The second-order valence-corrected chi connectivity index (χ2v) is 9.43. The first-order valence-electron chi connectivity index (χ1n) is 9.85. The van der Waals surface area contributed by atoms with Gasteiger partial charge in [0.05, 0.1) is 5.56 Å². The van der Waals surface area contributed by atoms with Gasteiger partial charge in [0.15, 0.2) is 0 Å². The van der Waals surface area contributed by atoms with Gasteiger partial charge in [0.1, 0.15) is 11.3 Å². The summed E-state index contributed by atoms with van der Waals surface area (Å²) >= 11 is 3.35. The molecule has 4 rings (SSSR count). The minimum atomic E-state index is -0.217. The van der Waals surface area contributed by atoms with Crippen LogP contribution in [-0.4, -0.2) is 62.7 Å². The average molecular weight is 419 g/mol. The highest BCUT2D eigenvalue weighted by Gasteiger charge is 2.38. The molecule has 1 saturated carbocycles. The van der Waals surface area contributed by atoms with Gasteiger partial charge in [0, 0.05) is 42.9 Å². The molecule has 28 heavy (non-hydrogen) atoms. The highest BCUT2D eigenvalue weighted by Crippen LogP contribution is 2.35. The number of rotatable bonds is 6. The standard InChI is InChI=1S/C19H26N6OS2/c26-17(23-18-24-22-14-28-18)15-4-5-16(20-12-15)21-13-19(6-2-1-3-7-19)25-8-10-27-11-9-25/h4-5,12,14H,1-3,6-11,13H2,(H,20,21)(H,23,24,26). The van der Waals surface area contributed by atoms with Crippen molar-refractivity contribution in [2.45, 2.75) is 37.6 Å². The third-order valence-electron chi connectivity index (χ3n) is 5.67. The number of nitrogens with zero attached hydrogens (tertiary/aromatic N) is 4. The number of nitrogens with one attached hydrogen (secondary N) is 2. The fraction of sp³-hybridized carbons (Fsp3) is 0.579. The van der Waals surface area contributed by atoms with Crippen molar-refractivity contribution in [2.24, 2.45) is 0 Å². The molecule has 2 aliphatic rings. The Balaban J connectivity index is 1.38. The number of hydrogen-bond acceptors (Lipinski definition) is 8. The molecule has 7 nitrogen and oxygen atoms in total. The molecule has 2 N–H and O–H groups in total. The molecule has 1 saturated heterocycles. The van der Waals surface area contributed by atoms with Crippen molar-refractivity contribution in [3.63, 3.8) is 0 Å². The number of hydrogen-bond donors (Lipinski definition) is 2. The van der Waals surface area contributed by atoms with Gasteiger partial charge in [-0.3, -0.25) is 15.0 Å². The van der Waals surface area contributed by atoms with Gasteiger partial charge in [-0.2, -0.15) is 11.8 Å². The fourth-order valence-electron chi connectivity index (χ4n) is 4.14. The number of amides is 1. The monoisotopic (exact) mass is 418 g/mol. The predicted molar refractivity (Wildman–Crippen MR) is 115 cm³/mol. The first kappa shape index (κ1) is 19.6. The van der Waals surface area contributed by atoms with Gasteiger partial charge in [0.2, 0.25) is 5.13 Å². The van der Waals surface area contributed by atoms with E-state index >= 15 is 0 Å². The quantitative estimate of drug-likeness (QED) is 0.744. The zero-order valence-corrected chi connectivity index (χ0v) is 17.5. The van der Waals surface area contributed by atoms with Crippen molar-refractivity contribution in [1.29, 1.82) is 0 Å². The molecule has 2 aromatic heterocycles. The maximum atomic E-state index is 12.2. The van der Waals surface area contributed by atoms with Crippen molar-refractivity contribution in [3.8, 4) is 0 Å². The van der Waals surface area contributed by atoms with Crippen LogP contribution in [0.25, 0.3) is 0 Å². The van der Waals surface area contributed by atoms with Gasteiger partial charge in [-0.25, -0.2) is 4.98 Å². The smallest absolute Gasteiger partial charge is 0.259 e. The lowest BCUT2D eigenvalue weighted by Gasteiger charge is -2.48. The van der Waals surface area contributed by atoms with Crippen LogP contribution in [0, 0.1) is 0 Å². The summed E-state index contributed by atoms with van der Waals surface area (Å²) in [4.78, 5) is 19.4. The topological polar surface area (TPSA) is 83.0 Å². The summed E-state index contributed by atoms with van der Waals surface area (Å²) in [6.45, 7) is 3.29. The van der Waals surface area contributed by atoms with E-state index in [1.165, 1.54) is 68.0 Å². The largest absolute Gasteiger partial charge is 0.368 e. The Morgan fingerprint density at radius 2 is 2.00 bits per heavy atom. The fourth-order valence-corrected chi connectivity index (χ4v) is 5.48. The van der Waals surface area contributed by atoms with E-state index in [4.69, 9.17) is 0 Å². The summed E-state index contributed by atoms with van der Waals surface area (Å²) in [5.74, 6) is 3.07. The molecule has 2 aromatic rings. The number of pyridine rings is 1.